The van der Waals surface area contributed by atoms with Crippen LogP contribution in [0.5, 0.6) is 0 Å². The average molecular weight is 362 g/mol. The first-order chi connectivity index (χ1) is 12.9. The Balaban J connectivity index is 1.73. The molecule has 0 spiro atoms. The SMILES string of the molecule is Cc1ccc(C=CC(=O)NCC(C)NC(=O)C=Cc2ccc(C)cc2)cc1. The maximum Gasteiger partial charge on any atom is 0.244 e. The maximum atomic E-state index is 12.0. The van der Waals surface area contributed by atoms with Gasteiger partial charge < -0.3 is 10.6 Å². The smallest absolute Gasteiger partial charge is 0.244 e. The Kier molecular flexibility index (Phi) is 7.56. The number of hydrogen-bond donors (Lipinski definition) is 2. The molecule has 4 nitrogen and oxygen atoms in total. The van der Waals surface area contributed by atoms with Crippen molar-refractivity contribution in [2.75, 3.05) is 6.54 Å². The highest BCUT2D eigenvalue weighted by atomic mass is 16.2. The van der Waals surface area contributed by atoms with Crippen molar-refractivity contribution in [1.29, 1.82) is 0 Å². The summed E-state index contributed by atoms with van der Waals surface area (Å²) in [7, 11) is 0. The Morgan fingerprint density at radius 3 is 1.74 bits per heavy atom. The zero-order valence-corrected chi connectivity index (χ0v) is 16.0. The molecule has 0 aliphatic rings. The van der Waals surface area contributed by atoms with Crippen LogP contribution in [0.4, 0.5) is 0 Å². The minimum atomic E-state index is -0.188. The van der Waals surface area contributed by atoms with Crippen LogP contribution >= 0.6 is 0 Å². The van der Waals surface area contributed by atoms with E-state index < -0.39 is 0 Å². The third-order valence-electron chi connectivity index (χ3n) is 3.98. The predicted octanol–water partition coefficient (Wildman–Crippen LogP) is 3.65. The second-order valence-corrected chi connectivity index (χ2v) is 6.64. The highest BCUT2D eigenvalue weighted by Gasteiger charge is 2.05. The van der Waals surface area contributed by atoms with Gasteiger partial charge in [0.2, 0.25) is 11.8 Å². The minimum Gasteiger partial charge on any atom is -0.351 e. The van der Waals surface area contributed by atoms with Crippen LogP contribution in [0.1, 0.15) is 29.2 Å². The number of nitrogens with one attached hydrogen (secondary N) is 2. The van der Waals surface area contributed by atoms with E-state index in [9.17, 15) is 9.59 Å². The Morgan fingerprint density at radius 1 is 0.815 bits per heavy atom. The second kappa shape index (κ2) is 10.1. The van der Waals surface area contributed by atoms with Gasteiger partial charge in [-0.15, -0.1) is 0 Å². The molecule has 1 unspecified atom stereocenters. The topological polar surface area (TPSA) is 58.2 Å². The summed E-state index contributed by atoms with van der Waals surface area (Å²) in [6, 6.07) is 15.7. The third-order valence-corrected chi connectivity index (χ3v) is 3.98. The van der Waals surface area contributed by atoms with Gasteiger partial charge in [0.05, 0.1) is 0 Å². The summed E-state index contributed by atoms with van der Waals surface area (Å²) in [4.78, 5) is 23.8. The number of hydrogen-bond acceptors (Lipinski definition) is 2. The van der Waals surface area contributed by atoms with Crippen LogP contribution in [-0.4, -0.2) is 24.4 Å². The van der Waals surface area contributed by atoms with E-state index in [1.165, 1.54) is 23.3 Å². The molecular formula is C23H26N2O2. The van der Waals surface area contributed by atoms with Crippen molar-refractivity contribution in [3.05, 3.63) is 82.9 Å². The molecule has 2 N–H and O–H groups in total. The number of rotatable bonds is 7. The summed E-state index contributed by atoms with van der Waals surface area (Å²) >= 11 is 0. The number of benzene rings is 2. The van der Waals surface area contributed by atoms with Gasteiger partial charge in [-0.1, -0.05) is 59.7 Å². The van der Waals surface area contributed by atoms with Crippen LogP contribution < -0.4 is 10.6 Å². The summed E-state index contributed by atoms with van der Waals surface area (Å²) < 4.78 is 0. The lowest BCUT2D eigenvalue weighted by Crippen LogP contribution is -2.40. The highest BCUT2D eigenvalue weighted by Crippen LogP contribution is 2.05. The van der Waals surface area contributed by atoms with Crippen molar-refractivity contribution in [3.63, 3.8) is 0 Å². The quantitative estimate of drug-likeness (QED) is 0.739. The first kappa shape index (κ1) is 20.2. The standard InChI is InChI=1S/C23H26N2O2/c1-17-4-8-20(9-5-17)12-14-22(26)24-16-19(3)25-23(27)15-13-21-10-6-18(2)7-11-21/h4-15,19H,16H2,1-3H3,(H,24,26)(H,25,27). The van der Waals surface area contributed by atoms with E-state index >= 15 is 0 Å². The monoisotopic (exact) mass is 362 g/mol. The van der Waals surface area contributed by atoms with Gasteiger partial charge in [0.1, 0.15) is 0 Å². The molecule has 0 heterocycles. The summed E-state index contributed by atoms with van der Waals surface area (Å²) in [5.74, 6) is -0.376. The molecule has 2 aromatic carbocycles. The van der Waals surface area contributed by atoms with Gasteiger partial charge in [0.25, 0.3) is 0 Å². The molecule has 0 aliphatic carbocycles. The van der Waals surface area contributed by atoms with Crippen LogP contribution in [0.2, 0.25) is 0 Å². The van der Waals surface area contributed by atoms with Crippen LogP contribution in [0.25, 0.3) is 12.2 Å². The number of carbonyl (C=O) groups is 2. The number of carbonyl (C=O) groups excluding carboxylic acids is 2. The van der Waals surface area contributed by atoms with E-state index in [-0.39, 0.29) is 17.9 Å². The molecular weight excluding hydrogens is 336 g/mol. The molecule has 2 rings (SSSR count). The van der Waals surface area contributed by atoms with Gasteiger partial charge in [-0.2, -0.15) is 0 Å². The molecule has 2 aromatic rings. The van der Waals surface area contributed by atoms with Crippen molar-refractivity contribution in [2.45, 2.75) is 26.8 Å². The van der Waals surface area contributed by atoms with Crippen molar-refractivity contribution < 1.29 is 9.59 Å². The normalized spacial score (nSPS) is 12.3. The minimum absolute atomic E-state index is 0.170. The van der Waals surface area contributed by atoms with Crippen molar-refractivity contribution >= 4 is 24.0 Å². The molecule has 1 atom stereocenters. The largest absolute Gasteiger partial charge is 0.351 e. The fourth-order valence-corrected chi connectivity index (χ4v) is 2.35. The fraction of sp³-hybridized carbons (Fsp3) is 0.217. The van der Waals surface area contributed by atoms with Crippen molar-refractivity contribution in [1.82, 2.24) is 10.6 Å². The Hall–Kier alpha value is -3.14. The van der Waals surface area contributed by atoms with Crippen molar-refractivity contribution in [2.24, 2.45) is 0 Å². The van der Waals surface area contributed by atoms with Gasteiger partial charge in [0, 0.05) is 24.7 Å². The zero-order valence-electron chi connectivity index (χ0n) is 16.0. The number of aryl methyl sites for hydroxylation is 2. The van der Waals surface area contributed by atoms with Crippen LogP contribution in [0.3, 0.4) is 0 Å². The molecule has 0 aliphatic heterocycles. The fourth-order valence-electron chi connectivity index (χ4n) is 2.35. The summed E-state index contributed by atoms with van der Waals surface area (Å²) in [6.07, 6.45) is 6.53. The van der Waals surface area contributed by atoms with Gasteiger partial charge >= 0.3 is 0 Å². The molecule has 0 saturated heterocycles. The zero-order chi connectivity index (χ0) is 19.6. The van der Waals surface area contributed by atoms with E-state index in [2.05, 4.69) is 10.6 Å². The van der Waals surface area contributed by atoms with Gasteiger partial charge in [-0.25, -0.2) is 0 Å². The molecule has 0 saturated carbocycles. The van der Waals surface area contributed by atoms with Gasteiger partial charge in [0.15, 0.2) is 0 Å². The summed E-state index contributed by atoms with van der Waals surface area (Å²) in [5.41, 5.74) is 4.30. The molecule has 140 valence electrons. The molecule has 2 amide bonds. The predicted molar refractivity (Wildman–Crippen MR) is 111 cm³/mol. The summed E-state index contributed by atoms with van der Waals surface area (Å²) in [5, 5.41) is 5.62. The van der Waals surface area contributed by atoms with Crippen LogP contribution in [0.15, 0.2) is 60.7 Å². The number of amides is 2. The highest BCUT2D eigenvalue weighted by molar-refractivity contribution is 5.93. The third kappa shape index (κ3) is 7.74. The van der Waals surface area contributed by atoms with E-state index in [4.69, 9.17) is 0 Å². The lowest BCUT2D eigenvalue weighted by Gasteiger charge is -2.12. The lowest BCUT2D eigenvalue weighted by molar-refractivity contribution is -0.118. The van der Waals surface area contributed by atoms with Gasteiger partial charge in [-0.3, -0.25) is 9.59 Å². The lowest BCUT2D eigenvalue weighted by atomic mass is 10.1. The molecule has 0 fully saturated rings. The van der Waals surface area contributed by atoms with Gasteiger partial charge in [-0.05, 0) is 44.1 Å². The average Bonchev–Trinajstić information content (AvgIpc) is 2.65. The van der Waals surface area contributed by atoms with E-state index in [0.717, 1.165) is 11.1 Å². The first-order valence-corrected chi connectivity index (χ1v) is 9.00. The van der Waals surface area contributed by atoms with E-state index in [1.807, 2.05) is 69.3 Å². The van der Waals surface area contributed by atoms with E-state index in [1.54, 1.807) is 12.2 Å². The molecule has 0 radical (unpaired) electrons. The second-order valence-electron chi connectivity index (χ2n) is 6.64. The van der Waals surface area contributed by atoms with E-state index in [0.29, 0.717) is 6.54 Å². The van der Waals surface area contributed by atoms with Crippen LogP contribution in [0, 0.1) is 13.8 Å². The van der Waals surface area contributed by atoms with Crippen LogP contribution in [-0.2, 0) is 9.59 Å². The molecule has 27 heavy (non-hydrogen) atoms. The van der Waals surface area contributed by atoms with Crippen molar-refractivity contribution in [3.8, 4) is 0 Å². The maximum absolute atomic E-state index is 12.0. The molecule has 0 bridgehead atoms. The first-order valence-electron chi connectivity index (χ1n) is 9.00. The Bertz CT molecular complexity index is 818. The Labute approximate surface area is 161 Å². The summed E-state index contributed by atoms with van der Waals surface area (Å²) in [6.45, 7) is 6.25. The Morgan fingerprint density at radius 2 is 1.26 bits per heavy atom. The molecule has 0 aromatic heterocycles. The molecule has 4 heteroatoms.